The topological polar surface area (TPSA) is 162 Å². The van der Waals surface area contributed by atoms with Crippen molar-refractivity contribution in [1.82, 2.24) is 24.6 Å². The van der Waals surface area contributed by atoms with Crippen molar-refractivity contribution >= 4 is 42.4 Å². The number of hydrogen-bond donors (Lipinski definition) is 2. The van der Waals surface area contributed by atoms with Crippen LogP contribution in [0.3, 0.4) is 0 Å². The number of ether oxygens (including phenoxy) is 3. The highest BCUT2D eigenvalue weighted by Crippen LogP contribution is 2.52. The fourth-order valence-electron chi connectivity index (χ4n) is 3.96. The summed E-state index contributed by atoms with van der Waals surface area (Å²) in [7, 11) is -4.21. The second-order valence-corrected chi connectivity index (χ2v) is 11.8. The van der Waals surface area contributed by atoms with Crippen LogP contribution in [-0.2, 0) is 23.4 Å². The molecule has 3 aromatic rings. The van der Waals surface area contributed by atoms with Gasteiger partial charge in [-0.2, -0.15) is 15.1 Å². The smallest absolute Gasteiger partial charge is 0.459 e. The molecule has 0 spiro atoms. The summed E-state index contributed by atoms with van der Waals surface area (Å²) in [5.41, 5.74) is 6.61. The van der Waals surface area contributed by atoms with E-state index in [0.717, 1.165) is 0 Å². The van der Waals surface area contributed by atoms with Crippen LogP contribution < -0.4 is 20.1 Å². The highest BCUT2D eigenvalue weighted by atomic mass is 35.5. The molecule has 0 saturated carbocycles. The minimum atomic E-state index is -4.21. The lowest BCUT2D eigenvalue weighted by Gasteiger charge is -2.31. The van der Waals surface area contributed by atoms with Crippen molar-refractivity contribution in [1.29, 1.82) is 0 Å². The summed E-state index contributed by atoms with van der Waals surface area (Å²) in [4.78, 5) is 23.9. The molecular formula is C24H32ClN6O7P. The number of alkyl halides is 1. The van der Waals surface area contributed by atoms with Gasteiger partial charge in [-0.05, 0) is 46.8 Å². The molecular weight excluding hydrogens is 551 g/mol. The first kappa shape index (κ1) is 29.0. The molecule has 13 nitrogen and oxygen atoms in total. The Hall–Kier alpha value is -2.96. The van der Waals surface area contributed by atoms with Gasteiger partial charge in [0.1, 0.15) is 22.8 Å². The van der Waals surface area contributed by atoms with Crippen molar-refractivity contribution in [3.05, 3.63) is 36.7 Å². The summed E-state index contributed by atoms with van der Waals surface area (Å²) in [5, 5.41) is 2.67. The Kier molecular flexibility index (Phi) is 8.67. The zero-order valence-corrected chi connectivity index (χ0v) is 23.9. The number of carbonyl (C=O) groups is 1. The van der Waals surface area contributed by atoms with E-state index in [4.69, 9.17) is 40.6 Å². The molecule has 5 atom stereocenters. The number of fused-ring (bicyclic) bond motifs is 1. The van der Waals surface area contributed by atoms with Gasteiger partial charge in [-0.1, -0.05) is 18.2 Å². The van der Waals surface area contributed by atoms with E-state index >= 15 is 0 Å². The predicted octanol–water partition coefficient (Wildman–Crippen LogP) is 3.84. The van der Waals surface area contributed by atoms with Crippen molar-refractivity contribution < 1.29 is 32.6 Å². The quantitative estimate of drug-likeness (QED) is 0.191. The molecule has 0 radical (unpaired) electrons. The van der Waals surface area contributed by atoms with Gasteiger partial charge in [0.25, 0.3) is 0 Å². The van der Waals surface area contributed by atoms with Crippen LogP contribution in [0.1, 0.15) is 40.8 Å². The minimum absolute atomic E-state index is 0.0120. The molecule has 1 unspecified atom stereocenters. The van der Waals surface area contributed by atoms with Gasteiger partial charge >= 0.3 is 13.7 Å². The first-order valence-corrected chi connectivity index (χ1v) is 14.3. The van der Waals surface area contributed by atoms with Crippen molar-refractivity contribution in [2.75, 3.05) is 18.9 Å². The molecule has 0 aliphatic carbocycles. The summed E-state index contributed by atoms with van der Waals surface area (Å²) in [6.45, 7) is 8.70. The molecule has 3 N–H and O–H groups in total. The van der Waals surface area contributed by atoms with Gasteiger partial charge in [0.2, 0.25) is 11.8 Å². The van der Waals surface area contributed by atoms with Crippen LogP contribution in [0.15, 0.2) is 36.7 Å². The second kappa shape index (κ2) is 11.6. The SMILES string of the molecule is CCOc1nc(N)nc2c1ncn2[C@@H]1OC[C@@H](OP(=O)(N[C@H](C)C(=O)OC(C)C)Oc2ccccc2)[C@@]1(C)Cl. The maximum atomic E-state index is 14.0. The Labute approximate surface area is 230 Å². The Morgan fingerprint density at radius 2 is 2.03 bits per heavy atom. The summed E-state index contributed by atoms with van der Waals surface area (Å²) in [6.07, 6.45) is -0.690. The maximum absolute atomic E-state index is 14.0. The van der Waals surface area contributed by atoms with Crippen LogP contribution in [-0.4, -0.2) is 61.8 Å². The number of benzene rings is 1. The Bertz CT molecular complexity index is 1360. The number of imidazole rings is 1. The van der Waals surface area contributed by atoms with E-state index in [1.54, 1.807) is 55.7 Å². The summed E-state index contributed by atoms with van der Waals surface area (Å²) in [6, 6.07) is 7.41. The lowest BCUT2D eigenvalue weighted by Crippen LogP contribution is -2.41. The number of nitrogens with one attached hydrogen (secondary N) is 1. The van der Waals surface area contributed by atoms with E-state index < -0.39 is 37.0 Å². The zero-order chi connectivity index (χ0) is 28.4. The first-order chi connectivity index (χ1) is 18.4. The fourth-order valence-corrected chi connectivity index (χ4v) is 6.04. The molecule has 39 heavy (non-hydrogen) atoms. The summed E-state index contributed by atoms with van der Waals surface area (Å²) < 4.78 is 44.2. The molecule has 0 amide bonds. The number of carbonyl (C=O) groups excluding carboxylic acids is 1. The highest BCUT2D eigenvalue weighted by Gasteiger charge is 2.53. The zero-order valence-electron chi connectivity index (χ0n) is 22.2. The number of hydrogen-bond acceptors (Lipinski definition) is 11. The molecule has 1 aromatic carbocycles. The lowest BCUT2D eigenvalue weighted by atomic mass is 10.1. The average Bonchev–Trinajstić information content (AvgIpc) is 3.39. The fraction of sp³-hybridized carbons (Fsp3) is 0.500. The van der Waals surface area contributed by atoms with Crippen LogP contribution in [0.4, 0.5) is 5.95 Å². The molecule has 3 heterocycles. The van der Waals surface area contributed by atoms with Gasteiger partial charge in [-0.25, -0.2) is 9.55 Å². The number of nitrogens with zero attached hydrogens (tertiary/aromatic N) is 4. The van der Waals surface area contributed by atoms with Crippen LogP contribution in [0.5, 0.6) is 11.6 Å². The molecule has 15 heteroatoms. The summed E-state index contributed by atoms with van der Waals surface area (Å²) in [5.74, 6) is -0.136. The molecule has 1 saturated heterocycles. The normalized spacial score (nSPS) is 23.5. The molecule has 1 aliphatic heterocycles. The third-order valence-corrected chi connectivity index (χ3v) is 7.87. The summed E-state index contributed by atoms with van der Waals surface area (Å²) >= 11 is 7.01. The number of anilines is 1. The largest absolute Gasteiger partial charge is 0.476 e. The third kappa shape index (κ3) is 6.44. The van der Waals surface area contributed by atoms with Crippen molar-refractivity contribution in [2.24, 2.45) is 0 Å². The van der Waals surface area contributed by atoms with Crippen LogP contribution >= 0.6 is 19.3 Å². The van der Waals surface area contributed by atoms with Gasteiger partial charge in [-0.3, -0.25) is 13.9 Å². The monoisotopic (exact) mass is 582 g/mol. The van der Waals surface area contributed by atoms with E-state index in [-0.39, 0.29) is 30.3 Å². The van der Waals surface area contributed by atoms with Gasteiger partial charge < -0.3 is 24.5 Å². The number of nitrogens with two attached hydrogens (primary N) is 1. The second-order valence-electron chi connectivity index (χ2n) is 9.31. The van der Waals surface area contributed by atoms with Gasteiger partial charge in [-0.15, -0.1) is 11.6 Å². The number of esters is 1. The minimum Gasteiger partial charge on any atom is -0.476 e. The van der Waals surface area contributed by atoms with Crippen LogP contribution in [0, 0.1) is 0 Å². The Balaban J connectivity index is 1.62. The Morgan fingerprint density at radius 3 is 2.69 bits per heavy atom. The number of aromatic nitrogens is 4. The van der Waals surface area contributed by atoms with Crippen LogP contribution in [0.25, 0.3) is 11.2 Å². The molecule has 212 valence electrons. The predicted molar refractivity (Wildman–Crippen MR) is 144 cm³/mol. The van der Waals surface area contributed by atoms with Gasteiger partial charge in [0.15, 0.2) is 17.4 Å². The van der Waals surface area contributed by atoms with Crippen molar-refractivity contribution in [2.45, 2.75) is 64.0 Å². The maximum Gasteiger partial charge on any atom is 0.459 e. The molecule has 1 aliphatic rings. The van der Waals surface area contributed by atoms with Gasteiger partial charge in [0.05, 0.1) is 25.6 Å². The van der Waals surface area contributed by atoms with E-state index in [0.29, 0.717) is 17.8 Å². The van der Waals surface area contributed by atoms with E-state index in [2.05, 4.69) is 20.0 Å². The number of para-hydroxylation sites is 1. The Morgan fingerprint density at radius 1 is 1.31 bits per heavy atom. The average molecular weight is 583 g/mol. The number of nitrogen functional groups attached to an aromatic ring is 1. The first-order valence-electron chi connectivity index (χ1n) is 12.4. The van der Waals surface area contributed by atoms with Crippen molar-refractivity contribution in [3.63, 3.8) is 0 Å². The lowest BCUT2D eigenvalue weighted by molar-refractivity contribution is -0.149. The molecule has 4 rings (SSSR count). The van der Waals surface area contributed by atoms with Crippen LogP contribution in [0.2, 0.25) is 0 Å². The standard InChI is InChI=1S/C24H32ClN6O7P/c1-6-34-20-18-19(28-23(26)29-20)31(13-27-18)22-24(5,25)17(12-35-22)38-39(33,37-16-10-8-7-9-11-16)30-15(4)21(32)36-14(2)3/h7-11,13-15,17,22H,6,12H2,1-5H3,(H,30,33)(H2,26,28,29)/t15-,17-,22-,24-,39?/m1/s1. The van der Waals surface area contributed by atoms with E-state index in [1.807, 2.05) is 6.92 Å². The van der Waals surface area contributed by atoms with Gasteiger partial charge in [0, 0.05) is 0 Å². The molecule has 2 aromatic heterocycles. The molecule has 1 fully saturated rings. The van der Waals surface area contributed by atoms with E-state index in [9.17, 15) is 9.36 Å². The number of halogens is 1. The third-order valence-electron chi connectivity index (χ3n) is 5.75. The van der Waals surface area contributed by atoms with Crippen molar-refractivity contribution in [3.8, 4) is 11.6 Å². The molecule has 0 bridgehead atoms. The highest BCUT2D eigenvalue weighted by molar-refractivity contribution is 7.52. The van der Waals surface area contributed by atoms with E-state index in [1.165, 1.54) is 13.3 Å². The number of rotatable bonds is 11.